The fourth-order valence-electron chi connectivity index (χ4n) is 2.19. The minimum atomic E-state index is -4.37. The molecule has 0 aliphatic carbocycles. The Morgan fingerprint density at radius 1 is 1.26 bits per heavy atom. The van der Waals surface area contributed by atoms with Gasteiger partial charge in [-0.1, -0.05) is 19.1 Å². The zero-order valence-electron chi connectivity index (χ0n) is 13.4. The van der Waals surface area contributed by atoms with Gasteiger partial charge in [0.2, 0.25) is 5.91 Å². The molecule has 1 amide bonds. The molecule has 0 aliphatic rings. The lowest BCUT2D eigenvalue weighted by Gasteiger charge is -2.13. The Hall–Kier alpha value is -1.82. The van der Waals surface area contributed by atoms with Gasteiger partial charge in [-0.05, 0) is 49.5 Å². The van der Waals surface area contributed by atoms with Crippen LogP contribution in [0.1, 0.15) is 38.3 Å². The number of aliphatic hydroxyl groups excluding tert-OH is 1. The second-order valence-corrected chi connectivity index (χ2v) is 5.84. The van der Waals surface area contributed by atoms with Gasteiger partial charge >= 0.3 is 6.18 Å². The van der Waals surface area contributed by atoms with Crippen LogP contribution in [0.2, 0.25) is 0 Å². The van der Waals surface area contributed by atoms with Crippen molar-refractivity contribution in [1.29, 1.82) is 0 Å². The Kier molecular flexibility index (Phi) is 6.81. The first-order valence-electron chi connectivity index (χ1n) is 7.41. The van der Waals surface area contributed by atoms with Gasteiger partial charge in [-0.15, -0.1) is 0 Å². The fourth-order valence-corrected chi connectivity index (χ4v) is 2.19. The number of allylic oxidation sites excluding steroid dienone is 1. The SMILES string of the molecule is CC(=CC(=O)NCC(C)CC(C)O)c1ccc(C(F)(F)F)cc1. The number of rotatable bonds is 6. The highest BCUT2D eigenvalue weighted by Gasteiger charge is 2.29. The van der Waals surface area contributed by atoms with Crippen molar-refractivity contribution in [2.24, 2.45) is 5.92 Å². The lowest BCUT2D eigenvalue weighted by Crippen LogP contribution is -2.28. The molecule has 0 spiro atoms. The van der Waals surface area contributed by atoms with E-state index in [0.717, 1.165) is 12.1 Å². The van der Waals surface area contributed by atoms with E-state index in [1.54, 1.807) is 13.8 Å². The summed E-state index contributed by atoms with van der Waals surface area (Å²) in [5, 5.41) is 12.0. The summed E-state index contributed by atoms with van der Waals surface area (Å²) in [6, 6.07) is 4.68. The van der Waals surface area contributed by atoms with Gasteiger partial charge in [0.1, 0.15) is 0 Å². The minimum absolute atomic E-state index is 0.138. The van der Waals surface area contributed by atoms with Gasteiger partial charge in [-0.3, -0.25) is 4.79 Å². The molecule has 1 rings (SSSR count). The van der Waals surface area contributed by atoms with Crippen LogP contribution in [0.5, 0.6) is 0 Å². The maximum Gasteiger partial charge on any atom is 0.416 e. The molecule has 0 heterocycles. The molecule has 0 saturated heterocycles. The lowest BCUT2D eigenvalue weighted by atomic mass is 10.0. The van der Waals surface area contributed by atoms with E-state index < -0.39 is 17.8 Å². The van der Waals surface area contributed by atoms with Crippen LogP contribution < -0.4 is 5.32 Å². The third-order valence-corrected chi connectivity index (χ3v) is 3.38. The maximum atomic E-state index is 12.5. The van der Waals surface area contributed by atoms with Gasteiger partial charge in [-0.2, -0.15) is 13.2 Å². The monoisotopic (exact) mass is 329 g/mol. The smallest absolute Gasteiger partial charge is 0.393 e. The van der Waals surface area contributed by atoms with Crippen molar-refractivity contribution in [1.82, 2.24) is 5.32 Å². The Labute approximate surface area is 134 Å². The number of hydrogen-bond acceptors (Lipinski definition) is 2. The zero-order chi connectivity index (χ0) is 17.6. The van der Waals surface area contributed by atoms with Crippen molar-refractivity contribution in [3.8, 4) is 0 Å². The molecule has 2 unspecified atom stereocenters. The van der Waals surface area contributed by atoms with E-state index in [-0.39, 0.29) is 11.8 Å². The number of nitrogens with one attached hydrogen (secondary N) is 1. The van der Waals surface area contributed by atoms with Gasteiger partial charge in [-0.25, -0.2) is 0 Å². The topological polar surface area (TPSA) is 49.3 Å². The molecule has 6 heteroatoms. The molecule has 1 aromatic carbocycles. The molecule has 0 aromatic heterocycles. The Bertz CT molecular complexity index is 548. The standard InChI is InChI=1S/C17H22F3NO2/c1-11(8-13(3)22)10-21-16(23)9-12(2)14-4-6-15(7-5-14)17(18,19)20/h4-7,9,11,13,22H,8,10H2,1-3H3,(H,21,23). The summed E-state index contributed by atoms with van der Waals surface area (Å²) in [4.78, 5) is 11.8. The van der Waals surface area contributed by atoms with Crippen molar-refractivity contribution in [2.75, 3.05) is 6.54 Å². The van der Waals surface area contributed by atoms with Crippen molar-refractivity contribution in [3.63, 3.8) is 0 Å². The molecule has 2 atom stereocenters. The summed E-state index contributed by atoms with van der Waals surface area (Å²) >= 11 is 0. The molecule has 0 aliphatic heterocycles. The maximum absolute atomic E-state index is 12.5. The predicted molar refractivity (Wildman–Crippen MR) is 83.6 cm³/mol. The minimum Gasteiger partial charge on any atom is -0.393 e. The van der Waals surface area contributed by atoms with Crippen LogP contribution in [-0.4, -0.2) is 23.7 Å². The van der Waals surface area contributed by atoms with E-state index in [0.29, 0.717) is 24.1 Å². The Morgan fingerprint density at radius 3 is 2.30 bits per heavy atom. The summed E-state index contributed by atoms with van der Waals surface area (Å²) < 4.78 is 37.5. The predicted octanol–water partition coefficient (Wildman–Crippen LogP) is 3.63. The highest BCUT2D eigenvalue weighted by molar-refractivity contribution is 5.94. The van der Waals surface area contributed by atoms with Gasteiger partial charge in [0.05, 0.1) is 11.7 Å². The molecule has 23 heavy (non-hydrogen) atoms. The van der Waals surface area contributed by atoms with Crippen LogP contribution in [0.15, 0.2) is 30.3 Å². The summed E-state index contributed by atoms with van der Waals surface area (Å²) in [7, 11) is 0. The Balaban J connectivity index is 2.63. The summed E-state index contributed by atoms with van der Waals surface area (Å²) in [5.41, 5.74) is 0.426. The fraction of sp³-hybridized carbons (Fsp3) is 0.471. The van der Waals surface area contributed by atoms with Crippen LogP contribution in [0.3, 0.4) is 0 Å². The molecule has 2 N–H and O–H groups in total. The van der Waals surface area contributed by atoms with Gasteiger partial charge in [0.15, 0.2) is 0 Å². The van der Waals surface area contributed by atoms with Gasteiger partial charge < -0.3 is 10.4 Å². The van der Waals surface area contributed by atoms with Crippen LogP contribution in [0, 0.1) is 5.92 Å². The van der Waals surface area contributed by atoms with Crippen LogP contribution in [-0.2, 0) is 11.0 Å². The first kappa shape index (κ1) is 19.2. The number of alkyl halides is 3. The molecule has 1 aromatic rings. The van der Waals surface area contributed by atoms with Crippen molar-refractivity contribution < 1.29 is 23.1 Å². The van der Waals surface area contributed by atoms with E-state index in [4.69, 9.17) is 0 Å². The summed E-state index contributed by atoms with van der Waals surface area (Å²) in [5.74, 6) is -0.168. The van der Waals surface area contributed by atoms with Crippen LogP contribution in [0.25, 0.3) is 5.57 Å². The number of aliphatic hydroxyl groups is 1. The molecule has 128 valence electrons. The number of carbonyl (C=O) groups excluding carboxylic acids is 1. The first-order valence-corrected chi connectivity index (χ1v) is 7.41. The molecule has 0 bridgehead atoms. The highest BCUT2D eigenvalue weighted by Crippen LogP contribution is 2.29. The van der Waals surface area contributed by atoms with E-state index in [2.05, 4.69) is 5.32 Å². The van der Waals surface area contributed by atoms with Crippen LogP contribution in [0.4, 0.5) is 13.2 Å². The van der Waals surface area contributed by atoms with Crippen LogP contribution >= 0.6 is 0 Å². The van der Waals surface area contributed by atoms with Crippen molar-refractivity contribution in [3.05, 3.63) is 41.5 Å². The number of hydrogen-bond donors (Lipinski definition) is 2. The first-order chi connectivity index (χ1) is 10.6. The number of carbonyl (C=O) groups is 1. The lowest BCUT2D eigenvalue weighted by molar-refractivity contribution is -0.137. The summed E-state index contributed by atoms with van der Waals surface area (Å²) in [6.07, 6.45) is -2.85. The third-order valence-electron chi connectivity index (χ3n) is 3.38. The Morgan fingerprint density at radius 2 is 1.83 bits per heavy atom. The van der Waals surface area contributed by atoms with Crippen molar-refractivity contribution in [2.45, 2.75) is 39.5 Å². The van der Waals surface area contributed by atoms with Crippen molar-refractivity contribution >= 4 is 11.5 Å². The van der Waals surface area contributed by atoms with E-state index in [1.165, 1.54) is 18.2 Å². The van der Waals surface area contributed by atoms with E-state index in [1.807, 2.05) is 6.92 Å². The number of halogens is 3. The second kappa shape index (κ2) is 8.15. The normalized spacial score (nSPS) is 15.2. The largest absolute Gasteiger partial charge is 0.416 e. The van der Waals surface area contributed by atoms with Gasteiger partial charge in [0, 0.05) is 12.6 Å². The molecule has 0 saturated carbocycles. The average Bonchev–Trinajstić information content (AvgIpc) is 2.43. The molecule has 3 nitrogen and oxygen atoms in total. The highest BCUT2D eigenvalue weighted by atomic mass is 19.4. The zero-order valence-corrected chi connectivity index (χ0v) is 13.4. The second-order valence-electron chi connectivity index (χ2n) is 5.84. The van der Waals surface area contributed by atoms with E-state index >= 15 is 0 Å². The molecule has 0 radical (unpaired) electrons. The third kappa shape index (κ3) is 6.86. The summed E-state index contributed by atoms with van der Waals surface area (Å²) in [6.45, 7) is 5.70. The quantitative estimate of drug-likeness (QED) is 0.783. The molecule has 0 fully saturated rings. The van der Waals surface area contributed by atoms with Gasteiger partial charge in [0.25, 0.3) is 0 Å². The average molecular weight is 329 g/mol. The van der Waals surface area contributed by atoms with E-state index in [9.17, 15) is 23.1 Å². The number of benzene rings is 1. The molecular weight excluding hydrogens is 307 g/mol. The molecular formula is C17H22F3NO2. The number of amides is 1.